The van der Waals surface area contributed by atoms with Crippen molar-refractivity contribution >= 4 is 54.2 Å². The number of nitrogens with one attached hydrogen (secondary N) is 2. The van der Waals surface area contributed by atoms with Gasteiger partial charge in [-0.3, -0.25) is 9.59 Å². The van der Waals surface area contributed by atoms with Crippen molar-refractivity contribution < 1.29 is 22.8 Å². The topological polar surface area (TPSA) is 102 Å². The molecule has 1 atom stereocenters. The van der Waals surface area contributed by atoms with Gasteiger partial charge in [-0.15, -0.1) is 11.6 Å². The summed E-state index contributed by atoms with van der Waals surface area (Å²) in [5.74, 6) is -0.429. The van der Waals surface area contributed by atoms with Gasteiger partial charge >= 0.3 is 6.18 Å². The van der Waals surface area contributed by atoms with E-state index < -0.39 is 28.6 Å². The van der Waals surface area contributed by atoms with Crippen molar-refractivity contribution in [2.24, 2.45) is 0 Å². The maximum Gasteiger partial charge on any atom is 0.416 e. The van der Waals surface area contributed by atoms with Crippen LogP contribution in [0.5, 0.6) is 0 Å². The number of alkyl halides is 4. The van der Waals surface area contributed by atoms with Gasteiger partial charge in [-0.25, -0.2) is 9.97 Å². The number of carbonyl (C=O) groups excluding carboxylic acids is 2. The normalized spacial score (nSPS) is 15.0. The molecule has 3 aromatic rings. The zero-order valence-corrected chi connectivity index (χ0v) is 20.5. The van der Waals surface area contributed by atoms with Crippen molar-refractivity contribution in [2.45, 2.75) is 36.9 Å². The molecule has 0 saturated heterocycles. The number of benzene rings is 1. The van der Waals surface area contributed by atoms with E-state index in [4.69, 9.17) is 23.2 Å². The molecule has 1 fully saturated rings. The average Bonchev–Trinajstić information content (AvgIpc) is 3.34. The van der Waals surface area contributed by atoms with Crippen LogP contribution in [-0.4, -0.2) is 36.4 Å². The molecule has 1 aliphatic carbocycles. The molecular weight excluding hydrogens is 528 g/mol. The summed E-state index contributed by atoms with van der Waals surface area (Å²) in [5, 5.41) is 9.17. The third kappa shape index (κ3) is 6.06. The standard InChI is InChI=1S/C21H17Cl2F3N6O2.H2S/c1-11(30-18(33)12-6-13(21(24,25)26)8-14(22)7-12)17-28-10-29-32(17)16-3-2-15(9-27-16)31-19(34)20(23)4-5-20;/h2-3,6-11H,4-5H2,1H3,(H,30,33)(H,31,34);1H2/t11-;/m0./s1. The van der Waals surface area contributed by atoms with E-state index in [-0.39, 0.29) is 35.8 Å². The minimum Gasteiger partial charge on any atom is -0.342 e. The zero-order chi connectivity index (χ0) is 24.7. The summed E-state index contributed by atoms with van der Waals surface area (Å²) < 4.78 is 40.5. The molecule has 0 radical (unpaired) electrons. The van der Waals surface area contributed by atoms with Crippen LogP contribution in [0.3, 0.4) is 0 Å². The van der Waals surface area contributed by atoms with E-state index >= 15 is 0 Å². The molecule has 186 valence electrons. The third-order valence-corrected chi connectivity index (χ3v) is 5.88. The maximum atomic E-state index is 13.0. The Morgan fingerprint density at radius 3 is 2.49 bits per heavy atom. The lowest BCUT2D eigenvalue weighted by Gasteiger charge is -2.16. The Bertz CT molecular complexity index is 1250. The summed E-state index contributed by atoms with van der Waals surface area (Å²) in [6, 6.07) is 5.07. The number of aromatic nitrogens is 4. The molecule has 0 spiro atoms. The molecule has 14 heteroatoms. The molecule has 2 amide bonds. The van der Waals surface area contributed by atoms with Crippen LogP contribution in [-0.2, 0) is 11.0 Å². The van der Waals surface area contributed by atoms with Crippen LogP contribution in [0.2, 0.25) is 5.02 Å². The van der Waals surface area contributed by atoms with Gasteiger partial charge in [0.2, 0.25) is 5.91 Å². The Kier molecular flexibility index (Phi) is 7.68. The molecule has 1 aliphatic rings. The molecule has 2 heterocycles. The Morgan fingerprint density at radius 2 is 1.89 bits per heavy atom. The molecule has 2 aromatic heterocycles. The quantitative estimate of drug-likeness (QED) is 0.438. The van der Waals surface area contributed by atoms with Crippen molar-refractivity contribution in [3.63, 3.8) is 0 Å². The fourth-order valence-electron chi connectivity index (χ4n) is 3.12. The van der Waals surface area contributed by atoms with Gasteiger partial charge in [-0.2, -0.15) is 36.4 Å². The highest BCUT2D eigenvalue weighted by Crippen LogP contribution is 2.43. The lowest BCUT2D eigenvalue weighted by atomic mass is 10.1. The van der Waals surface area contributed by atoms with E-state index in [9.17, 15) is 22.8 Å². The lowest BCUT2D eigenvalue weighted by Crippen LogP contribution is -2.29. The first-order valence-electron chi connectivity index (χ1n) is 10.0. The second kappa shape index (κ2) is 10.0. The minimum atomic E-state index is -4.65. The van der Waals surface area contributed by atoms with Crippen molar-refractivity contribution in [1.29, 1.82) is 0 Å². The van der Waals surface area contributed by atoms with Crippen molar-refractivity contribution in [3.05, 3.63) is 64.8 Å². The number of carbonyl (C=O) groups is 2. The Morgan fingerprint density at radius 1 is 1.17 bits per heavy atom. The Balaban J connectivity index is 0.00000342. The largest absolute Gasteiger partial charge is 0.416 e. The van der Waals surface area contributed by atoms with Gasteiger partial charge in [0.15, 0.2) is 11.6 Å². The molecule has 35 heavy (non-hydrogen) atoms. The predicted octanol–water partition coefficient (Wildman–Crippen LogP) is 4.65. The Hall–Kier alpha value is -2.83. The third-order valence-electron chi connectivity index (χ3n) is 5.11. The zero-order valence-electron chi connectivity index (χ0n) is 18.0. The first-order chi connectivity index (χ1) is 16.0. The summed E-state index contributed by atoms with van der Waals surface area (Å²) >= 11 is 11.9. The SMILES string of the molecule is C[C@H](NC(=O)c1cc(Cl)cc(C(F)(F)F)c1)c1ncnn1-c1ccc(NC(=O)C2(Cl)CC2)cn1.S. The molecule has 8 nitrogen and oxygen atoms in total. The van der Waals surface area contributed by atoms with E-state index in [0.29, 0.717) is 24.3 Å². The molecule has 0 unspecified atom stereocenters. The molecular formula is C21H19Cl2F3N6O2S. The van der Waals surface area contributed by atoms with E-state index in [1.807, 2.05) is 0 Å². The number of pyridine rings is 1. The molecule has 1 aromatic carbocycles. The number of hydrogen-bond acceptors (Lipinski definition) is 5. The number of amides is 2. The van der Waals surface area contributed by atoms with Crippen LogP contribution in [0.1, 0.15) is 47.6 Å². The summed E-state index contributed by atoms with van der Waals surface area (Å²) in [7, 11) is 0. The summed E-state index contributed by atoms with van der Waals surface area (Å²) in [5.41, 5.74) is -0.826. The minimum absolute atomic E-state index is 0. The summed E-state index contributed by atoms with van der Waals surface area (Å²) in [6.45, 7) is 1.60. The molecule has 1 saturated carbocycles. The van der Waals surface area contributed by atoms with Crippen LogP contribution >= 0.6 is 36.7 Å². The predicted molar refractivity (Wildman–Crippen MR) is 128 cm³/mol. The van der Waals surface area contributed by atoms with Crippen LogP contribution in [0.25, 0.3) is 5.82 Å². The van der Waals surface area contributed by atoms with Gasteiger partial charge in [0, 0.05) is 10.6 Å². The first kappa shape index (κ1) is 26.8. The fourth-order valence-corrected chi connectivity index (χ4v) is 3.49. The van der Waals surface area contributed by atoms with Gasteiger partial charge in [0.1, 0.15) is 11.2 Å². The van der Waals surface area contributed by atoms with E-state index in [1.165, 1.54) is 17.2 Å². The van der Waals surface area contributed by atoms with Crippen molar-refractivity contribution in [3.8, 4) is 5.82 Å². The molecule has 2 N–H and O–H groups in total. The lowest BCUT2D eigenvalue weighted by molar-refractivity contribution is -0.137. The fraction of sp³-hybridized carbons (Fsp3) is 0.286. The first-order valence-corrected chi connectivity index (χ1v) is 10.8. The van der Waals surface area contributed by atoms with Gasteiger partial charge in [0.05, 0.1) is 23.5 Å². The average molecular weight is 547 g/mol. The molecule has 0 aliphatic heterocycles. The number of nitrogens with zero attached hydrogens (tertiary/aromatic N) is 4. The van der Waals surface area contributed by atoms with Crippen LogP contribution in [0.4, 0.5) is 18.9 Å². The van der Waals surface area contributed by atoms with Crippen LogP contribution < -0.4 is 10.6 Å². The van der Waals surface area contributed by atoms with Crippen LogP contribution in [0, 0.1) is 0 Å². The number of hydrogen-bond donors (Lipinski definition) is 2. The van der Waals surface area contributed by atoms with Crippen molar-refractivity contribution in [2.75, 3.05) is 5.32 Å². The van der Waals surface area contributed by atoms with Gasteiger partial charge in [0.25, 0.3) is 5.91 Å². The smallest absolute Gasteiger partial charge is 0.342 e. The number of anilines is 1. The van der Waals surface area contributed by atoms with E-state index in [0.717, 1.165) is 18.2 Å². The van der Waals surface area contributed by atoms with E-state index in [1.54, 1.807) is 19.1 Å². The summed E-state index contributed by atoms with van der Waals surface area (Å²) in [6.07, 6.45) is -0.739. The van der Waals surface area contributed by atoms with Crippen molar-refractivity contribution in [1.82, 2.24) is 25.1 Å². The highest BCUT2D eigenvalue weighted by Gasteiger charge is 2.48. The second-order valence-electron chi connectivity index (χ2n) is 7.78. The Labute approximate surface area is 214 Å². The van der Waals surface area contributed by atoms with Gasteiger partial charge < -0.3 is 10.6 Å². The van der Waals surface area contributed by atoms with Gasteiger partial charge in [-0.1, -0.05) is 11.6 Å². The number of halogens is 5. The highest BCUT2D eigenvalue weighted by molar-refractivity contribution is 7.59. The summed E-state index contributed by atoms with van der Waals surface area (Å²) in [4.78, 5) is 32.2. The monoisotopic (exact) mass is 546 g/mol. The molecule has 4 rings (SSSR count). The number of rotatable bonds is 6. The second-order valence-corrected chi connectivity index (χ2v) is 8.94. The molecule has 0 bridgehead atoms. The van der Waals surface area contributed by atoms with Crippen LogP contribution in [0.15, 0.2) is 42.9 Å². The van der Waals surface area contributed by atoms with Gasteiger partial charge in [-0.05, 0) is 50.1 Å². The highest BCUT2D eigenvalue weighted by atomic mass is 35.5. The van der Waals surface area contributed by atoms with E-state index in [2.05, 4.69) is 25.7 Å². The maximum absolute atomic E-state index is 13.0.